The highest BCUT2D eigenvalue weighted by Gasteiger charge is 2.16. The molecule has 2 aromatic heterocycles. The van der Waals surface area contributed by atoms with Crippen LogP contribution in [0, 0.1) is 5.82 Å². The largest absolute Gasteiger partial charge is 0.306 e. The summed E-state index contributed by atoms with van der Waals surface area (Å²) in [5, 5.41) is 4.60. The van der Waals surface area contributed by atoms with E-state index >= 15 is 0 Å². The van der Waals surface area contributed by atoms with Crippen LogP contribution < -0.4 is 0 Å². The van der Waals surface area contributed by atoms with Gasteiger partial charge in [0, 0.05) is 29.6 Å². The first-order chi connectivity index (χ1) is 11.9. The van der Waals surface area contributed by atoms with Crippen LogP contribution in [0.25, 0.3) is 22.5 Å². The van der Waals surface area contributed by atoms with Crippen LogP contribution in [-0.2, 0) is 16.8 Å². The lowest BCUT2D eigenvalue weighted by Gasteiger charge is -2.04. The highest BCUT2D eigenvalue weighted by Crippen LogP contribution is 2.31. The zero-order valence-electron chi connectivity index (χ0n) is 13.8. The van der Waals surface area contributed by atoms with E-state index in [0.717, 1.165) is 11.1 Å². The number of nitrogens with zero attached hydrogens (tertiary/aromatic N) is 4. The number of halogens is 1. The maximum absolute atomic E-state index is 13.2. The molecule has 0 amide bonds. The predicted molar refractivity (Wildman–Crippen MR) is 93.5 cm³/mol. The fourth-order valence-electron chi connectivity index (χ4n) is 2.39. The van der Waals surface area contributed by atoms with Crippen molar-refractivity contribution in [3.63, 3.8) is 0 Å². The molecule has 1 N–H and O–H groups in total. The van der Waals surface area contributed by atoms with Crippen molar-refractivity contribution in [1.82, 2.24) is 19.7 Å². The second kappa shape index (κ2) is 7.20. The van der Waals surface area contributed by atoms with Gasteiger partial charge in [-0.3, -0.25) is 4.68 Å². The molecule has 0 bridgehead atoms. The van der Waals surface area contributed by atoms with Crippen LogP contribution in [-0.4, -0.2) is 28.5 Å². The van der Waals surface area contributed by atoms with Crippen molar-refractivity contribution in [3.05, 3.63) is 54.4 Å². The second-order valence-corrected chi connectivity index (χ2v) is 6.73. The van der Waals surface area contributed by atoms with Gasteiger partial charge in [0.2, 0.25) is 0 Å². The summed E-state index contributed by atoms with van der Waals surface area (Å²) in [5.41, 5.74) is 2.79. The molecule has 0 aliphatic heterocycles. The molecule has 1 aromatic carbocycles. The lowest BCUT2D eigenvalue weighted by molar-refractivity contribution is 0.534. The molecule has 2 heterocycles. The highest BCUT2D eigenvalue weighted by molar-refractivity contribution is 7.78. The lowest BCUT2D eigenvalue weighted by atomic mass is 10.1. The molecule has 3 aromatic rings. The predicted octanol–water partition coefficient (Wildman–Crippen LogP) is 3.45. The maximum atomic E-state index is 13.2. The molecule has 8 heteroatoms. The fourth-order valence-corrected chi connectivity index (χ4v) is 2.75. The molecule has 6 nitrogen and oxygen atoms in total. The fraction of sp³-hybridized carbons (Fsp3) is 0.235. The zero-order chi connectivity index (χ0) is 18.0. The average molecular weight is 360 g/mol. The lowest BCUT2D eigenvalue weighted by Crippen LogP contribution is -2.01. The third-order valence-electron chi connectivity index (χ3n) is 3.61. The van der Waals surface area contributed by atoms with Crippen molar-refractivity contribution >= 4 is 11.1 Å². The molecule has 0 fully saturated rings. The molecule has 25 heavy (non-hydrogen) atoms. The number of aromatic nitrogens is 4. The van der Waals surface area contributed by atoms with Crippen molar-refractivity contribution < 1.29 is 13.2 Å². The Labute approximate surface area is 147 Å². The van der Waals surface area contributed by atoms with Gasteiger partial charge in [-0.2, -0.15) is 5.10 Å². The topological polar surface area (TPSA) is 80.9 Å². The Kier molecular flexibility index (Phi) is 5.00. The summed E-state index contributed by atoms with van der Waals surface area (Å²) in [6.45, 7) is 4.01. The first-order valence-corrected chi connectivity index (χ1v) is 8.96. The first-order valence-electron chi connectivity index (χ1n) is 7.69. The van der Waals surface area contributed by atoms with Crippen molar-refractivity contribution in [2.75, 3.05) is 0 Å². The zero-order valence-corrected chi connectivity index (χ0v) is 14.6. The van der Waals surface area contributed by atoms with E-state index in [1.807, 2.05) is 20.0 Å². The summed E-state index contributed by atoms with van der Waals surface area (Å²) in [4.78, 5) is 8.39. The minimum Gasteiger partial charge on any atom is -0.306 e. The summed E-state index contributed by atoms with van der Waals surface area (Å²) >= 11 is -2.01. The minimum absolute atomic E-state index is 0.138. The molecule has 1 unspecified atom stereocenters. The summed E-state index contributed by atoms with van der Waals surface area (Å²) < 4.78 is 35.1. The highest BCUT2D eigenvalue weighted by atomic mass is 32.2. The Morgan fingerprint density at radius 3 is 2.60 bits per heavy atom. The third kappa shape index (κ3) is 3.97. The maximum Gasteiger partial charge on any atom is 0.160 e. The normalized spacial score (nSPS) is 12.5. The van der Waals surface area contributed by atoms with E-state index in [1.165, 1.54) is 12.1 Å². The Balaban J connectivity index is 2.11. The molecule has 0 aliphatic carbocycles. The molecule has 130 valence electrons. The van der Waals surface area contributed by atoms with Crippen LogP contribution in [0.2, 0.25) is 0 Å². The van der Waals surface area contributed by atoms with Crippen molar-refractivity contribution in [1.29, 1.82) is 0 Å². The molecule has 0 saturated heterocycles. The molecule has 0 aliphatic rings. The number of benzene rings is 1. The smallest absolute Gasteiger partial charge is 0.160 e. The second-order valence-electron chi connectivity index (χ2n) is 5.80. The standard InChI is InChI=1S/C17H17FN4O2S/c1-11(2)22-9-14(15-7-8-19-16(20-15)10-25(23)24)17(21-22)12-3-5-13(18)6-4-12/h3-9,11H,10H2,1-2H3,(H,23,24). The molecule has 0 spiro atoms. The van der Waals surface area contributed by atoms with Gasteiger partial charge >= 0.3 is 0 Å². The van der Waals surface area contributed by atoms with E-state index in [2.05, 4.69) is 15.1 Å². The first kappa shape index (κ1) is 17.4. The molecule has 0 radical (unpaired) electrons. The number of hydrogen-bond donors (Lipinski definition) is 1. The van der Waals surface area contributed by atoms with E-state index < -0.39 is 11.1 Å². The van der Waals surface area contributed by atoms with Crippen LogP contribution >= 0.6 is 0 Å². The monoisotopic (exact) mass is 360 g/mol. The Morgan fingerprint density at radius 2 is 1.96 bits per heavy atom. The van der Waals surface area contributed by atoms with Crippen LogP contribution in [0.3, 0.4) is 0 Å². The Hall–Kier alpha value is -2.45. The van der Waals surface area contributed by atoms with Crippen molar-refractivity contribution in [3.8, 4) is 22.5 Å². The van der Waals surface area contributed by atoms with Gasteiger partial charge in [-0.15, -0.1) is 0 Å². The molecular formula is C17H17FN4O2S. The molecule has 3 rings (SSSR count). The van der Waals surface area contributed by atoms with Gasteiger partial charge in [0.25, 0.3) is 0 Å². The van der Waals surface area contributed by atoms with Crippen molar-refractivity contribution in [2.45, 2.75) is 25.6 Å². The Bertz CT molecular complexity index is 909. The van der Waals surface area contributed by atoms with Gasteiger partial charge in [-0.1, -0.05) is 0 Å². The molecular weight excluding hydrogens is 343 g/mol. The van der Waals surface area contributed by atoms with E-state index in [4.69, 9.17) is 4.55 Å². The SMILES string of the molecule is CC(C)n1cc(-c2ccnc(CS(=O)O)n2)c(-c2ccc(F)cc2)n1. The van der Waals surface area contributed by atoms with Gasteiger partial charge in [0.05, 0.1) is 5.69 Å². The van der Waals surface area contributed by atoms with Crippen LogP contribution in [0.15, 0.2) is 42.7 Å². The Morgan fingerprint density at radius 1 is 1.24 bits per heavy atom. The average Bonchev–Trinajstić information content (AvgIpc) is 3.01. The summed E-state index contributed by atoms with van der Waals surface area (Å²) in [7, 11) is 0. The van der Waals surface area contributed by atoms with E-state index in [-0.39, 0.29) is 23.4 Å². The number of hydrogen-bond acceptors (Lipinski definition) is 4. The van der Waals surface area contributed by atoms with Gasteiger partial charge in [0.1, 0.15) is 23.1 Å². The van der Waals surface area contributed by atoms with E-state index in [9.17, 15) is 8.60 Å². The minimum atomic E-state index is -2.01. The van der Waals surface area contributed by atoms with Crippen LogP contribution in [0.5, 0.6) is 0 Å². The molecule has 0 saturated carbocycles. The van der Waals surface area contributed by atoms with Gasteiger partial charge < -0.3 is 4.55 Å². The van der Waals surface area contributed by atoms with Crippen molar-refractivity contribution in [2.24, 2.45) is 0 Å². The van der Waals surface area contributed by atoms with Gasteiger partial charge in [-0.25, -0.2) is 18.6 Å². The van der Waals surface area contributed by atoms with Gasteiger partial charge in [-0.05, 0) is 44.2 Å². The van der Waals surface area contributed by atoms with E-state index in [1.54, 1.807) is 29.1 Å². The van der Waals surface area contributed by atoms with Crippen LogP contribution in [0.4, 0.5) is 4.39 Å². The summed E-state index contributed by atoms with van der Waals surface area (Å²) in [6, 6.07) is 7.95. The summed E-state index contributed by atoms with van der Waals surface area (Å²) in [5.74, 6) is -0.179. The van der Waals surface area contributed by atoms with Crippen LogP contribution in [0.1, 0.15) is 25.7 Å². The third-order valence-corrected chi connectivity index (χ3v) is 4.12. The number of rotatable bonds is 5. The quantitative estimate of drug-likeness (QED) is 0.705. The van der Waals surface area contributed by atoms with E-state index in [0.29, 0.717) is 11.4 Å². The summed E-state index contributed by atoms with van der Waals surface area (Å²) in [6.07, 6.45) is 3.41. The molecule has 1 atom stereocenters. The van der Waals surface area contributed by atoms with Gasteiger partial charge in [0.15, 0.2) is 11.1 Å².